The van der Waals surface area contributed by atoms with Crippen molar-refractivity contribution < 1.29 is 0 Å². The van der Waals surface area contributed by atoms with Crippen LogP contribution in [0.5, 0.6) is 0 Å². The van der Waals surface area contributed by atoms with Crippen molar-refractivity contribution in [3.8, 4) is 11.4 Å². The Morgan fingerprint density at radius 2 is 2.11 bits per heavy atom. The fraction of sp³-hybridized carbons (Fsp3) is 0.154. The average Bonchev–Trinajstić information content (AvgIpc) is 2.89. The van der Waals surface area contributed by atoms with Gasteiger partial charge in [0.2, 0.25) is 0 Å². The van der Waals surface area contributed by atoms with Crippen molar-refractivity contribution in [2.75, 3.05) is 18.4 Å². The minimum absolute atomic E-state index is 0.570. The van der Waals surface area contributed by atoms with Crippen molar-refractivity contribution in [3.05, 3.63) is 42.6 Å². The minimum Gasteiger partial charge on any atom is -0.369 e. The molecule has 3 heterocycles. The Morgan fingerprint density at radius 3 is 3.00 bits per heavy atom. The molecule has 0 aliphatic heterocycles. The molecule has 0 atom stereocenters. The van der Waals surface area contributed by atoms with Crippen LogP contribution >= 0.6 is 0 Å². The summed E-state index contributed by atoms with van der Waals surface area (Å²) < 4.78 is 1.73. The number of nitrogens with one attached hydrogen (secondary N) is 1. The van der Waals surface area contributed by atoms with E-state index < -0.39 is 0 Å². The van der Waals surface area contributed by atoms with Crippen LogP contribution in [0.15, 0.2) is 42.6 Å². The number of nitrogens with two attached hydrogens (primary N) is 1. The Balaban J connectivity index is 2.01. The number of pyridine rings is 2. The van der Waals surface area contributed by atoms with Crippen LogP contribution in [0.2, 0.25) is 0 Å². The van der Waals surface area contributed by atoms with Gasteiger partial charge in [0.05, 0.1) is 11.2 Å². The van der Waals surface area contributed by atoms with Gasteiger partial charge in [-0.2, -0.15) is 0 Å². The first-order valence-corrected chi connectivity index (χ1v) is 6.10. The quantitative estimate of drug-likeness (QED) is 0.730. The second-order valence-electron chi connectivity index (χ2n) is 4.09. The maximum absolute atomic E-state index is 5.47. The van der Waals surface area contributed by atoms with Gasteiger partial charge >= 0.3 is 0 Å². The van der Waals surface area contributed by atoms with Crippen LogP contribution in [-0.4, -0.2) is 32.9 Å². The predicted octanol–water partition coefficient (Wildman–Crippen LogP) is 1.16. The smallest absolute Gasteiger partial charge is 0.139 e. The summed E-state index contributed by atoms with van der Waals surface area (Å²) in [5.74, 6) is 0.792. The summed E-state index contributed by atoms with van der Waals surface area (Å²) in [6, 6.07) is 11.6. The molecule has 19 heavy (non-hydrogen) atoms. The Labute approximate surface area is 110 Å². The average molecular weight is 254 g/mol. The molecular formula is C13H14N6. The molecule has 0 aliphatic carbocycles. The zero-order valence-electron chi connectivity index (χ0n) is 10.3. The molecule has 0 saturated heterocycles. The van der Waals surface area contributed by atoms with Gasteiger partial charge in [-0.05, 0) is 24.3 Å². The second kappa shape index (κ2) is 5.03. The van der Waals surface area contributed by atoms with Crippen LogP contribution in [-0.2, 0) is 0 Å². The molecule has 6 nitrogen and oxygen atoms in total. The topological polar surface area (TPSA) is 81.1 Å². The van der Waals surface area contributed by atoms with Gasteiger partial charge in [-0.3, -0.25) is 0 Å². The Bertz CT molecular complexity index is 690. The Morgan fingerprint density at radius 1 is 1.16 bits per heavy atom. The molecule has 3 rings (SSSR count). The lowest BCUT2D eigenvalue weighted by molar-refractivity contribution is 0.856. The van der Waals surface area contributed by atoms with E-state index in [9.17, 15) is 0 Å². The summed E-state index contributed by atoms with van der Waals surface area (Å²) in [4.78, 5) is 4.52. The third-order valence-corrected chi connectivity index (χ3v) is 2.77. The van der Waals surface area contributed by atoms with Crippen LogP contribution in [0.4, 0.5) is 5.82 Å². The molecule has 0 amide bonds. The zero-order chi connectivity index (χ0) is 13.1. The molecule has 3 aromatic rings. The first kappa shape index (κ1) is 11.6. The summed E-state index contributed by atoms with van der Waals surface area (Å²) in [5.41, 5.74) is 7.97. The van der Waals surface area contributed by atoms with Crippen molar-refractivity contribution >= 4 is 11.3 Å². The highest BCUT2D eigenvalue weighted by Gasteiger charge is 2.09. The molecule has 0 saturated carbocycles. The molecule has 6 heteroatoms. The molecule has 0 aromatic carbocycles. The Kier molecular flexibility index (Phi) is 3.07. The molecule has 0 radical (unpaired) electrons. The van der Waals surface area contributed by atoms with Gasteiger partial charge in [-0.25, -0.2) is 9.50 Å². The largest absolute Gasteiger partial charge is 0.369 e. The van der Waals surface area contributed by atoms with Crippen molar-refractivity contribution in [2.24, 2.45) is 5.73 Å². The van der Waals surface area contributed by atoms with Gasteiger partial charge in [-0.15, -0.1) is 5.10 Å². The van der Waals surface area contributed by atoms with E-state index in [1.165, 1.54) is 0 Å². The van der Waals surface area contributed by atoms with Crippen LogP contribution in [0, 0.1) is 0 Å². The van der Waals surface area contributed by atoms with Gasteiger partial charge in [-0.1, -0.05) is 17.3 Å². The van der Waals surface area contributed by atoms with Crippen molar-refractivity contribution in [1.29, 1.82) is 0 Å². The van der Waals surface area contributed by atoms with Gasteiger partial charge in [0, 0.05) is 19.3 Å². The molecule has 3 N–H and O–H groups in total. The maximum Gasteiger partial charge on any atom is 0.139 e. The van der Waals surface area contributed by atoms with Crippen LogP contribution in [0.3, 0.4) is 0 Å². The number of aromatic nitrogens is 4. The van der Waals surface area contributed by atoms with E-state index in [4.69, 9.17) is 5.73 Å². The van der Waals surface area contributed by atoms with Crippen LogP contribution in [0.1, 0.15) is 0 Å². The highest BCUT2D eigenvalue weighted by atomic mass is 15.4. The first-order chi connectivity index (χ1) is 9.38. The monoisotopic (exact) mass is 254 g/mol. The lowest BCUT2D eigenvalue weighted by Crippen LogP contribution is -2.13. The summed E-state index contributed by atoms with van der Waals surface area (Å²) in [6.45, 7) is 1.26. The molecule has 96 valence electrons. The number of hydrogen-bond donors (Lipinski definition) is 2. The first-order valence-electron chi connectivity index (χ1n) is 6.10. The van der Waals surface area contributed by atoms with Crippen molar-refractivity contribution in [2.45, 2.75) is 0 Å². The zero-order valence-corrected chi connectivity index (χ0v) is 10.3. The second-order valence-corrected chi connectivity index (χ2v) is 4.09. The van der Waals surface area contributed by atoms with Crippen LogP contribution < -0.4 is 11.1 Å². The van der Waals surface area contributed by atoms with Gasteiger partial charge in [0.25, 0.3) is 0 Å². The van der Waals surface area contributed by atoms with E-state index in [0.29, 0.717) is 13.1 Å². The summed E-state index contributed by atoms with van der Waals surface area (Å²) in [5, 5.41) is 11.4. The standard InChI is InChI=1S/C13H14N6/c14-7-8-15-12-6-3-4-10(16-12)13-11-5-1-2-9-19(11)18-17-13/h1-6,9H,7-8,14H2,(H,15,16). The van der Waals surface area contributed by atoms with Gasteiger partial charge < -0.3 is 11.1 Å². The summed E-state index contributed by atoms with van der Waals surface area (Å²) in [7, 11) is 0. The van der Waals surface area contributed by atoms with E-state index in [0.717, 1.165) is 22.7 Å². The predicted molar refractivity (Wildman–Crippen MR) is 73.8 cm³/mol. The summed E-state index contributed by atoms with van der Waals surface area (Å²) >= 11 is 0. The van der Waals surface area contributed by atoms with E-state index >= 15 is 0 Å². The van der Waals surface area contributed by atoms with E-state index in [2.05, 4.69) is 20.6 Å². The molecule has 0 spiro atoms. The third kappa shape index (κ3) is 2.25. The van der Waals surface area contributed by atoms with E-state index in [1.807, 2.05) is 42.6 Å². The van der Waals surface area contributed by atoms with E-state index in [1.54, 1.807) is 4.52 Å². The van der Waals surface area contributed by atoms with E-state index in [-0.39, 0.29) is 0 Å². The number of nitrogens with zero attached hydrogens (tertiary/aromatic N) is 4. The molecule has 3 aromatic heterocycles. The van der Waals surface area contributed by atoms with Crippen molar-refractivity contribution in [1.82, 2.24) is 19.8 Å². The number of fused-ring (bicyclic) bond motifs is 1. The van der Waals surface area contributed by atoms with Crippen LogP contribution in [0.25, 0.3) is 16.9 Å². The lowest BCUT2D eigenvalue weighted by Gasteiger charge is -2.04. The normalized spacial score (nSPS) is 10.8. The maximum atomic E-state index is 5.47. The number of rotatable bonds is 4. The molecule has 0 fully saturated rings. The van der Waals surface area contributed by atoms with Crippen molar-refractivity contribution in [3.63, 3.8) is 0 Å². The minimum atomic E-state index is 0.570. The summed E-state index contributed by atoms with van der Waals surface area (Å²) in [6.07, 6.45) is 1.86. The SMILES string of the molecule is NCCNc1cccc(-c2nnn3ccccc23)n1. The van der Waals surface area contributed by atoms with Gasteiger partial charge in [0.1, 0.15) is 11.5 Å². The number of anilines is 1. The fourth-order valence-electron chi connectivity index (χ4n) is 1.89. The lowest BCUT2D eigenvalue weighted by atomic mass is 10.2. The number of hydrogen-bond acceptors (Lipinski definition) is 5. The molecule has 0 unspecified atom stereocenters. The molecular weight excluding hydrogens is 240 g/mol. The van der Waals surface area contributed by atoms with Gasteiger partial charge in [0.15, 0.2) is 0 Å². The molecule has 0 aliphatic rings. The Hall–Kier alpha value is -2.47. The highest BCUT2D eigenvalue weighted by molar-refractivity contribution is 5.74. The molecule has 0 bridgehead atoms. The fourth-order valence-corrected chi connectivity index (χ4v) is 1.89. The third-order valence-electron chi connectivity index (χ3n) is 2.77. The highest BCUT2D eigenvalue weighted by Crippen LogP contribution is 2.21.